The van der Waals surface area contributed by atoms with Crippen molar-refractivity contribution in [2.24, 2.45) is 0 Å². The van der Waals surface area contributed by atoms with Crippen LogP contribution in [0.15, 0.2) is 42.5 Å². The monoisotopic (exact) mass is 542 g/mol. The van der Waals surface area contributed by atoms with Crippen LogP contribution in [0.4, 0.5) is 5.69 Å². The van der Waals surface area contributed by atoms with Crippen LogP contribution >= 0.6 is 41.5 Å². The lowest BCUT2D eigenvalue weighted by Gasteiger charge is -2.10. The van der Waals surface area contributed by atoms with Gasteiger partial charge >= 0.3 is 0 Å². The molecule has 0 unspecified atom stereocenters. The highest BCUT2D eigenvalue weighted by atomic mass is 127. The maximum atomic E-state index is 12.6. The SMILES string of the molecule is C[C@@H]1CNc2c(sc3ccc4nc(-c5cccc(C#CSI)n5)ccc4c23)C(=O)N1. The predicted octanol–water partition coefficient (Wildman–Crippen LogP) is 5.45. The number of nitrogens with one attached hydrogen (secondary N) is 2. The van der Waals surface area contributed by atoms with Crippen molar-refractivity contribution in [2.45, 2.75) is 13.0 Å². The van der Waals surface area contributed by atoms with Crippen LogP contribution in [-0.2, 0) is 0 Å². The summed E-state index contributed by atoms with van der Waals surface area (Å²) < 4.78 is 1.07. The highest BCUT2D eigenvalue weighted by Gasteiger charge is 2.24. The summed E-state index contributed by atoms with van der Waals surface area (Å²) in [7, 11) is 1.43. The first-order valence-electron chi connectivity index (χ1n) is 9.31. The maximum Gasteiger partial charge on any atom is 0.263 e. The fourth-order valence-corrected chi connectivity index (χ4v) is 5.16. The molecule has 30 heavy (non-hydrogen) atoms. The van der Waals surface area contributed by atoms with E-state index < -0.39 is 0 Å². The summed E-state index contributed by atoms with van der Waals surface area (Å²) in [5.41, 5.74) is 4.09. The molecule has 4 heterocycles. The zero-order valence-corrected chi connectivity index (χ0v) is 19.6. The van der Waals surface area contributed by atoms with Crippen molar-refractivity contribution >= 4 is 74.1 Å². The lowest BCUT2D eigenvalue weighted by molar-refractivity contribution is 0.0949. The molecule has 0 saturated heterocycles. The molecule has 0 aliphatic carbocycles. The number of anilines is 1. The Bertz CT molecular complexity index is 1370. The Morgan fingerprint density at radius 1 is 1.17 bits per heavy atom. The van der Waals surface area contributed by atoms with Crippen molar-refractivity contribution in [3.63, 3.8) is 0 Å². The van der Waals surface area contributed by atoms with Gasteiger partial charge in [-0.1, -0.05) is 6.07 Å². The summed E-state index contributed by atoms with van der Waals surface area (Å²) in [6.45, 7) is 2.69. The molecular weight excluding hydrogens is 527 g/mol. The Balaban J connectivity index is 1.65. The van der Waals surface area contributed by atoms with Crippen LogP contribution in [0.3, 0.4) is 0 Å². The number of aromatic nitrogens is 2. The highest BCUT2D eigenvalue weighted by Crippen LogP contribution is 2.41. The number of benzene rings is 1. The number of carbonyl (C=O) groups is 1. The second-order valence-electron chi connectivity index (χ2n) is 6.98. The largest absolute Gasteiger partial charge is 0.381 e. The molecule has 1 aliphatic rings. The van der Waals surface area contributed by atoms with Gasteiger partial charge in [0, 0.05) is 49.3 Å². The molecule has 2 N–H and O–H groups in total. The van der Waals surface area contributed by atoms with Crippen LogP contribution < -0.4 is 10.6 Å². The third kappa shape index (κ3) is 3.51. The Kier molecular flexibility index (Phi) is 5.26. The van der Waals surface area contributed by atoms with Gasteiger partial charge in [-0.2, -0.15) is 0 Å². The van der Waals surface area contributed by atoms with Crippen molar-refractivity contribution in [3.8, 4) is 22.6 Å². The van der Waals surface area contributed by atoms with Gasteiger partial charge in [-0.3, -0.25) is 4.79 Å². The molecule has 0 bridgehead atoms. The van der Waals surface area contributed by atoms with Crippen LogP contribution in [0.25, 0.3) is 32.4 Å². The number of thiophene rings is 1. The quantitative estimate of drug-likeness (QED) is 0.248. The minimum absolute atomic E-state index is 0.0202. The van der Waals surface area contributed by atoms with Crippen molar-refractivity contribution in [3.05, 3.63) is 53.0 Å². The summed E-state index contributed by atoms with van der Waals surface area (Å²) in [4.78, 5) is 22.8. The number of hydrogen-bond donors (Lipinski definition) is 2. The Hall–Kier alpha value is -2.35. The van der Waals surface area contributed by atoms with Gasteiger partial charge in [0.15, 0.2) is 0 Å². The third-order valence-electron chi connectivity index (χ3n) is 4.92. The molecule has 0 spiro atoms. The van der Waals surface area contributed by atoms with Gasteiger partial charge in [0.05, 0.1) is 22.6 Å². The van der Waals surface area contributed by atoms with E-state index in [-0.39, 0.29) is 11.9 Å². The van der Waals surface area contributed by atoms with Gasteiger partial charge in [-0.25, -0.2) is 9.97 Å². The number of halogens is 1. The van der Waals surface area contributed by atoms with Crippen molar-refractivity contribution in [2.75, 3.05) is 11.9 Å². The summed E-state index contributed by atoms with van der Waals surface area (Å²) in [6.07, 6.45) is 0. The molecule has 148 valence electrons. The number of rotatable bonds is 1. The second-order valence-corrected chi connectivity index (χ2v) is 9.71. The molecule has 3 aromatic heterocycles. The van der Waals surface area contributed by atoms with Crippen LogP contribution in [-0.4, -0.2) is 28.5 Å². The summed E-state index contributed by atoms with van der Waals surface area (Å²) in [6, 6.07) is 14.0. The Morgan fingerprint density at radius 2 is 2.03 bits per heavy atom. The molecule has 5 nitrogen and oxygen atoms in total. The zero-order valence-electron chi connectivity index (χ0n) is 15.8. The molecule has 8 heteroatoms. The third-order valence-corrected chi connectivity index (χ3v) is 6.91. The molecule has 0 radical (unpaired) electrons. The molecule has 0 saturated carbocycles. The zero-order chi connectivity index (χ0) is 20.7. The molecule has 1 aliphatic heterocycles. The molecule has 4 aromatic rings. The normalized spacial score (nSPS) is 15.7. The summed E-state index contributed by atoms with van der Waals surface area (Å²) in [5, 5.41) is 11.5. The lowest BCUT2D eigenvalue weighted by Crippen LogP contribution is -2.34. The molecule has 1 aromatic carbocycles. The van der Waals surface area contributed by atoms with Crippen LogP contribution in [0.1, 0.15) is 22.3 Å². The number of nitrogens with zero attached hydrogens (tertiary/aromatic N) is 2. The fourth-order valence-electron chi connectivity index (χ4n) is 3.59. The van der Waals surface area contributed by atoms with Gasteiger partial charge in [0.2, 0.25) is 0 Å². The van der Waals surface area contributed by atoms with E-state index in [0.717, 1.165) is 48.6 Å². The van der Waals surface area contributed by atoms with Gasteiger partial charge < -0.3 is 10.6 Å². The van der Waals surface area contributed by atoms with E-state index in [1.165, 1.54) is 20.3 Å². The van der Waals surface area contributed by atoms with Crippen LogP contribution in [0.2, 0.25) is 0 Å². The number of hydrogen-bond acceptors (Lipinski definition) is 6. The number of pyridine rings is 2. The van der Waals surface area contributed by atoms with E-state index in [2.05, 4.69) is 54.1 Å². The van der Waals surface area contributed by atoms with Crippen molar-refractivity contribution in [1.82, 2.24) is 15.3 Å². The van der Waals surface area contributed by atoms with Gasteiger partial charge in [-0.05, 0) is 63.4 Å². The number of carbonyl (C=O) groups excluding carboxylic acids is 1. The molecule has 1 amide bonds. The molecule has 0 fully saturated rings. The average Bonchev–Trinajstić information content (AvgIpc) is 3.09. The van der Waals surface area contributed by atoms with Gasteiger partial charge in [0.1, 0.15) is 10.6 Å². The maximum absolute atomic E-state index is 12.6. The minimum atomic E-state index is -0.0202. The number of amides is 1. The first-order valence-corrected chi connectivity index (χ1v) is 13.5. The number of fused-ring (bicyclic) bond motifs is 5. The highest BCUT2D eigenvalue weighted by molar-refractivity contribution is 14.2. The molecule has 5 rings (SSSR count). The Labute approximate surface area is 193 Å². The van der Waals surface area contributed by atoms with Crippen molar-refractivity contribution < 1.29 is 4.79 Å². The van der Waals surface area contributed by atoms with Gasteiger partial charge in [0.25, 0.3) is 5.91 Å². The molecule has 1 atom stereocenters. The topological polar surface area (TPSA) is 66.9 Å². The van der Waals surface area contributed by atoms with E-state index in [0.29, 0.717) is 6.54 Å². The van der Waals surface area contributed by atoms with E-state index in [1.54, 1.807) is 0 Å². The standard InChI is InChI=1S/C22H15IN4OS2/c1-12-11-24-20-19-14-5-6-17(16-4-2-3-13(26-16)9-10-29-23)27-15(14)7-8-18(19)30-21(20)22(28)25-12/h2-8,12,24H,11H2,1H3,(H,25,28)/t12-/m1/s1. The van der Waals surface area contributed by atoms with E-state index in [1.807, 2.05) is 43.3 Å². The predicted molar refractivity (Wildman–Crippen MR) is 134 cm³/mol. The first kappa shape index (κ1) is 19.6. The Morgan fingerprint density at radius 3 is 2.90 bits per heavy atom. The van der Waals surface area contributed by atoms with E-state index in [4.69, 9.17) is 4.98 Å². The van der Waals surface area contributed by atoms with Crippen molar-refractivity contribution in [1.29, 1.82) is 0 Å². The lowest BCUT2D eigenvalue weighted by atomic mass is 10.1. The first-order chi connectivity index (χ1) is 14.6. The summed E-state index contributed by atoms with van der Waals surface area (Å²) in [5.74, 6) is 3.01. The van der Waals surface area contributed by atoms with Crippen LogP contribution in [0, 0.1) is 11.2 Å². The van der Waals surface area contributed by atoms with Gasteiger partial charge in [-0.15, -0.1) is 11.3 Å². The molecular formula is C22H15IN4OS2. The fraction of sp³-hybridized carbons (Fsp3) is 0.136. The van der Waals surface area contributed by atoms with Crippen LogP contribution in [0.5, 0.6) is 0 Å². The minimum Gasteiger partial charge on any atom is -0.381 e. The smallest absolute Gasteiger partial charge is 0.263 e. The second kappa shape index (κ2) is 8.06. The average molecular weight is 542 g/mol. The van der Waals surface area contributed by atoms with E-state index in [9.17, 15) is 4.79 Å². The van der Waals surface area contributed by atoms with E-state index >= 15 is 0 Å². The summed E-state index contributed by atoms with van der Waals surface area (Å²) >= 11 is 3.66.